The molecule has 3 rings (SSSR count). The predicted molar refractivity (Wildman–Crippen MR) is 104 cm³/mol. The smallest absolute Gasteiger partial charge is 0.343 e. The Morgan fingerprint density at radius 2 is 1.46 bits per heavy atom. The number of nitrogens with zero attached hydrogens (tertiary/aromatic N) is 1. The van der Waals surface area contributed by atoms with Gasteiger partial charge in [-0.3, -0.25) is 14.9 Å². The monoisotopic (exact) mass is 373 g/mol. The summed E-state index contributed by atoms with van der Waals surface area (Å²) < 4.78 is 5.40. The van der Waals surface area contributed by atoms with Gasteiger partial charge in [0.05, 0.1) is 10.5 Å². The summed E-state index contributed by atoms with van der Waals surface area (Å²) in [6.07, 6.45) is 2.99. The van der Waals surface area contributed by atoms with Crippen molar-refractivity contribution in [3.63, 3.8) is 0 Å². The number of para-hydroxylation sites is 1. The molecule has 0 saturated heterocycles. The van der Waals surface area contributed by atoms with E-state index in [1.807, 2.05) is 6.07 Å². The van der Waals surface area contributed by atoms with Crippen LogP contribution in [0.1, 0.15) is 26.3 Å². The first-order valence-corrected chi connectivity index (χ1v) is 8.38. The van der Waals surface area contributed by atoms with Crippen molar-refractivity contribution in [1.29, 1.82) is 0 Å². The van der Waals surface area contributed by atoms with Gasteiger partial charge in [-0.05, 0) is 30.4 Å². The van der Waals surface area contributed by atoms with E-state index < -0.39 is 10.9 Å². The third-order valence-corrected chi connectivity index (χ3v) is 3.91. The quantitative estimate of drug-likeness (QED) is 0.156. The topological polar surface area (TPSA) is 86.5 Å². The number of rotatable bonds is 6. The zero-order chi connectivity index (χ0) is 19.9. The standard InChI is InChI=1S/C22H15NO5/c24-20(16-6-2-1-3-7-16)15-12-17-8-4-5-9-21(17)28-22(25)18-10-13-19(14-11-18)23(26)27/h1-15H. The van der Waals surface area contributed by atoms with E-state index in [9.17, 15) is 19.7 Å². The maximum atomic E-state index is 12.3. The summed E-state index contributed by atoms with van der Waals surface area (Å²) in [6, 6.07) is 20.7. The number of allylic oxidation sites excluding steroid dienone is 1. The maximum Gasteiger partial charge on any atom is 0.343 e. The fourth-order valence-corrected chi connectivity index (χ4v) is 2.45. The lowest BCUT2D eigenvalue weighted by atomic mass is 10.1. The molecule has 138 valence electrons. The molecule has 6 nitrogen and oxygen atoms in total. The van der Waals surface area contributed by atoms with Crippen molar-refractivity contribution >= 4 is 23.5 Å². The molecule has 0 bridgehead atoms. The van der Waals surface area contributed by atoms with Crippen molar-refractivity contribution < 1.29 is 19.2 Å². The van der Waals surface area contributed by atoms with E-state index in [2.05, 4.69) is 0 Å². The number of benzene rings is 3. The van der Waals surface area contributed by atoms with Crippen LogP contribution in [0.2, 0.25) is 0 Å². The highest BCUT2D eigenvalue weighted by molar-refractivity contribution is 6.07. The Morgan fingerprint density at radius 1 is 0.821 bits per heavy atom. The Labute approximate surface area is 160 Å². The van der Waals surface area contributed by atoms with E-state index >= 15 is 0 Å². The average molecular weight is 373 g/mol. The number of hydrogen-bond acceptors (Lipinski definition) is 5. The number of non-ortho nitro benzene ring substituents is 1. The van der Waals surface area contributed by atoms with Crippen LogP contribution in [-0.2, 0) is 0 Å². The van der Waals surface area contributed by atoms with Gasteiger partial charge in [0, 0.05) is 23.3 Å². The van der Waals surface area contributed by atoms with E-state index in [-0.39, 0.29) is 22.8 Å². The minimum absolute atomic E-state index is 0.112. The van der Waals surface area contributed by atoms with E-state index in [1.165, 1.54) is 30.3 Å². The van der Waals surface area contributed by atoms with Gasteiger partial charge in [0.25, 0.3) is 5.69 Å². The molecule has 0 aliphatic heterocycles. The van der Waals surface area contributed by atoms with Gasteiger partial charge in [-0.25, -0.2) is 4.79 Å². The first-order valence-electron chi connectivity index (χ1n) is 8.38. The Kier molecular flexibility index (Phi) is 5.72. The van der Waals surface area contributed by atoms with E-state index in [1.54, 1.807) is 54.6 Å². The van der Waals surface area contributed by atoms with Crippen LogP contribution in [-0.4, -0.2) is 16.7 Å². The molecule has 3 aromatic carbocycles. The predicted octanol–water partition coefficient (Wildman–Crippen LogP) is 4.71. The number of hydrogen-bond donors (Lipinski definition) is 0. The molecule has 0 radical (unpaired) electrons. The Hall–Kier alpha value is -4.06. The molecule has 28 heavy (non-hydrogen) atoms. The van der Waals surface area contributed by atoms with Gasteiger partial charge in [-0.2, -0.15) is 0 Å². The first-order chi connectivity index (χ1) is 13.5. The number of nitro benzene ring substituents is 1. The highest BCUT2D eigenvalue weighted by Crippen LogP contribution is 2.22. The van der Waals surface area contributed by atoms with Gasteiger partial charge in [0.2, 0.25) is 0 Å². The second-order valence-corrected chi connectivity index (χ2v) is 5.79. The zero-order valence-corrected chi connectivity index (χ0v) is 14.6. The molecular formula is C22H15NO5. The second kappa shape index (κ2) is 8.55. The normalized spacial score (nSPS) is 10.6. The minimum Gasteiger partial charge on any atom is -0.422 e. The van der Waals surface area contributed by atoms with E-state index in [4.69, 9.17) is 4.74 Å². The van der Waals surface area contributed by atoms with Gasteiger partial charge in [-0.1, -0.05) is 48.5 Å². The minimum atomic E-state index is -0.648. The van der Waals surface area contributed by atoms with Gasteiger partial charge in [-0.15, -0.1) is 0 Å². The third-order valence-electron chi connectivity index (χ3n) is 3.91. The van der Waals surface area contributed by atoms with Crippen LogP contribution in [0.25, 0.3) is 6.08 Å². The summed E-state index contributed by atoms with van der Waals surface area (Å²) in [6.45, 7) is 0. The summed E-state index contributed by atoms with van der Waals surface area (Å²) in [4.78, 5) is 34.7. The first kappa shape index (κ1) is 18.7. The Bertz CT molecular complexity index is 1040. The molecule has 0 aliphatic rings. The molecule has 0 aromatic heterocycles. The van der Waals surface area contributed by atoms with Crippen LogP contribution in [0.3, 0.4) is 0 Å². The largest absolute Gasteiger partial charge is 0.422 e. The molecule has 6 heteroatoms. The van der Waals surface area contributed by atoms with Crippen molar-refractivity contribution in [2.24, 2.45) is 0 Å². The summed E-state index contributed by atoms with van der Waals surface area (Å²) in [5.74, 6) is -0.537. The lowest BCUT2D eigenvalue weighted by molar-refractivity contribution is -0.384. The van der Waals surface area contributed by atoms with Crippen molar-refractivity contribution in [3.8, 4) is 5.75 Å². The SMILES string of the molecule is O=C(C=Cc1ccccc1OC(=O)c1ccc([N+](=O)[O-])cc1)c1ccccc1. The number of carbonyl (C=O) groups excluding carboxylic acids is 2. The molecule has 3 aromatic rings. The van der Waals surface area contributed by atoms with Gasteiger partial charge >= 0.3 is 5.97 Å². The number of esters is 1. The molecule has 0 amide bonds. The van der Waals surface area contributed by atoms with Crippen LogP contribution in [0.5, 0.6) is 5.75 Å². The number of ether oxygens (including phenoxy) is 1. The molecule has 0 atom stereocenters. The van der Waals surface area contributed by atoms with Crippen LogP contribution < -0.4 is 4.74 Å². The lowest BCUT2D eigenvalue weighted by Gasteiger charge is -2.07. The third kappa shape index (κ3) is 4.56. The van der Waals surface area contributed by atoms with Gasteiger partial charge in [0.15, 0.2) is 5.78 Å². The highest BCUT2D eigenvalue weighted by Gasteiger charge is 2.13. The summed E-state index contributed by atoms with van der Waals surface area (Å²) in [7, 11) is 0. The van der Waals surface area contributed by atoms with Gasteiger partial charge < -0.3 is 4.74 Å². The van der Waals surface area contributed by atoms with Crippen LogP contribution in [0, 0.1) is 10.1 Å². The molecule has 0 spiro atoms. The Morgan fingerprint density at radius 3 is 2.14 bits per heavy atom. The lowest BCUT2D eigenvalue weighted by Crippen LogP contribution is -2.09. The van der Waals surface area contributed by atoms with Crippen molar-refractivity contribution in [2.75, 3.05) is 0 Å². The fourth-order valence-electron chi connectivity index (χ4n) is 2.45. The number of nitro groups is 1. The number of carbonyl (C=O) groups is 2. The molecule has 0 N–H and O–H groups in total. The highest BCUT2D eigenvalue weighted by atomic mass is 16.6. The van der Waals surface area contributed by atoms with Crippen LogP contribution in [0.4, 0.5) is 5.69 Å². The average Bonchev–Trinajstić information content (AvgIpc) is 2.73. The van der Waals surface area contributed by atoms with Crippen LogP contribution >= 0.6 is 0 Å². The van der Waals surface area contributed by atoms with E-state index in [0.29, 0.717) is 11.1 Å². The number of ketones is 1. The molecule has 0 unspecified atom stereocenters. The zero-order valence-electron chi connectivity index (χ0n) is 14.6. The maximum absolute atomic E-state index is 12.3. The molecule has 0 saturated carbocycles. The van der Waals surface area contributed by atoms with Crippen molar-refractivity contribution in [3.05, 3.63) is 112 Å². The molecule has 0 heterocycles. The molecular weight excluding hydrogens is 358 g/mol. The van der Waals surface area contributed by atoms with E-state index in [0.717, 1.165) is 0 Å². The summed E-state index contributed by atoms with van der Waals surface area (Å²) in [5, 5.41) is 10.7. The second-order valence-electron chi connectivity index (χ2n) is 5.79. The summed E-state index contributed by atoms with van der Waals surface area (Å²) >= 11 is 0. The fraction of sp³-hybridized carbons (Fsp3) is 0. The van der Waals surface area contributed by atoms with Crippen molar-refractivity contribution in [1.82, 2.24) is 0 Å². The van der Waals surface area contributed by atoms with Crippen LogP contribution in [0.15, 0.2) is 84.9 Å². The Balaban J connectivity index is 1.76. The van der Waals surface area contributed by atoms with Crippen molar-refractivity contribution in [2.45, 2.75) is 0 Å². The van der Waals surface area contributed by atoms with Gasteiger partial charge in [0.1, 0.15) is 5.75 Å². The molecule has 0 aliphatic carbocycles. The summed E-state index contributed by atoms with van der Waals surface area (Å²) in [5.41, 5.74) is 1.19. The molecule has 0 fully saturated rings.